The largest absolute Gasteiger partial charge is 0.464 e. The Morgan fingerprint density at radius 3 is 2.84 bits per heavy atom. The monoisotopic (exact) mass is 264 g/mol. The lowest BCUT2D eigenvalue weighted by atomic mass is 9.90. The van der Waals surface area contributed by atoms with Gasteiger partial charge in [0.2, 0.25) is 5.91 Å². The van der Waals surface area contributed by atoms with Crippen LogP contribution >= 0.6 is 0 Å². The number of hydrogen-bond donors (Lipinski definition) is 1. The highest BCUT2D eigenvalue weighted by Gasteiger charge is 2.41. The summed E-state index contributed by atoms with van der Waals surface area (Å²) in [6.45, 7) is 5.53. The topological polar surface area (TPSA) is 45.5 Å². The molecule has 2 rings (SSSR count). The predicted molar refractivity (Wildman–Crippen MR) is 74.8 cm³/mol. The first-order valence-corrected chi connectivity index (χ1v) is 7.13. The number of hydrogen-bond acceptors (Lipinski definition) is 3. The molecule has 0 saturated carbocycles. The number of nitrogens with one attached hydrogen (secondary N) is 1. The normalized spacial score (nSPS) is 22.7. The summed E-state index contributed by atoms with van der Waals surface area (Å²) in [4.78, 5) is 14.5. The van der Waals surface area contributed by atoms with Crippen LogP contribution in [0.2, 0.25) is 0 Å². The van der Waals surface area contributed by atoms with Gasteiger partial charge in [-0.3, -0.25) is 4.79 Å². The number of furan rings is 1. The van der Waals surface area contributed by atoms with Crippen LogP contribution in [0.4, 0.5) is 0 Å². The number of aryl methyl sites for hydroxylation is 1. The second kappa shape index (κ2) is 5.78. The molecule has 1 unspecified atom stereocenters. The standard InChI is InChI=1S/C15H24N2O2/c1-4-8-15(9-5-10-16-15)14(18)17(3)11-13-7-6-12(2)19-13/h6-7,16H,4-5,8-11H2,1-3H3. The van der Waals surface area contributed by atoms with Crippen molar-refractivity contribution < 1.29 is 9.21 Å². The Balaban J connectivity index is 2.04. The molecular formula is C15H24N2O2. The van der Waals surface area contributed by atoms with Crippen molar-refractivity contribution in [2.75, 3.05) is 13.6 Å². The third-order valence-corrected chi connectivity index (χ3v) is 3.87. The van der Waals surface area contributed by atoms with E-state index in [1.54, 1.807) is 4.90 Å². The minimum atomic E-state index is -0.342. The van der Waals surface area contributed by atoms with Gasteiger partial charge in [0.1, 0.15) is 11.5 Å². The molecule has 1 aromatic heterocycles. The first-order valence-electron chi connectivity index (χ1n) is 7.13. The number of likely N-dealkylation sites (N-methyl/N-ethyl adjacent to an activating group) is 1. The van der Waals surface area contributed by atoms with Crippen LogP contribution in [0.1, 0.15) is 44.1 Å². The zero-order valence-corrected chi connectivity index (χ0v) is 12.2. The molecule has 0 radical (unpaired) electrons. The molecule has 1 fully saturated rings. The Morgan fingerprint density at radius 1 is 1.53 bits per heavy atom. The van der Waals surface area contributed by atoms with Crippen LogP contribution in [0.15, 0.2) is 16.5 Å². The van der Waals surface area contributed by atoms with E-state index < -0.39 is 0 Å². The predicted octanol–water partition coefficient (Wildman–Crippen LogP) is 2.47. The molecule has 1 aliphatic heterocycles. The molecule has 0 aliphatic carbocycles. The Hall–Kier alpha value is -1.29. The second-order valence-corrected chi connectivity index (χ2v) is 5.54. The lowest BCUT2D eigenvalue weighted by Gasteiger charge is -2.32. The fourth-order valence-corrected chi connectivity index (χ4v) is 2.98. The van der Waals surface area contributed by atoms with Crippen LogP contribution in [-0.2, 0) is 11.3 Å². The quantitative estimate of drug-likeness (QED) is 0.888. The summed E-state index contributed by atoms with van der Waals surface area (Å²) in [5.74, 6) is 1.93. The van der Waals surface area contributed by atoms with Gasteiger partial charge in [0, 0.05) is 7.05 Å². The lowest BCUT2D eigenvalue weighted by Crippen LogP contribution is -2.53. The van der Waals surface area contributed by atoms with Gasteiger partial charge in [-0.15, -0.1) is 0 Å². The summed E-state index contributed by atoms with van der Waals surface area (Å²) in [6, 6.07) is 3.87. The summed E-state index contributed by atoms with van der Waals surface area (Å²) >= 11 is 0. The third-order valence-electron chi connectivity index (χ3n) is 3.87. The second-order valence-electron chi connectivity index (χ2n) is 5.54. The van der Waals surface area contributed by atoms with E-state index in [0.29, 0.717) is 6.54 Å². The summed E-state index contributed by atoms with van der Waals surface area (Å²) < 4.78 is 5.55. The first-order chi connectivity index (χ1) is 9.07. The maximum Gasteiger partial charge on any atom is 0.243 e. The number of rotatable bonds is 5. The first kappa shape index (κ1) is 14.1. The van der Waals surface area contributed by atoms with E-state index in [1.165, 1.54) is 0 Å². The van der Waals surface area contributed by atoms with Gasteiger partial charge in [-0.25, -0.2) is 0 Å². The molecule has 0 spiro atoms. The van der Waals surface area contributed by atoms with E-state index in [0.717, 1.165) is 43.7 Å². The van der Waals surface area contributed by atoms with Crippen molar-refractivity contribution in [2.45, 2.75) is 51.6 Å². The number of amides is 1. The summed E-state index contributed by atoms with van der Waals surface area (Å²) in [5.41, 5.74) is -0.342. The van der Waals surface area contributed by atoms with Gasteiger partial charge in [0.15, 0.2) is 0 Å². The van der Waals surface area contributed by atoms with Gasteiger partial charge >= 0.3 is 0 Å². The van der Waals surface area contributed by atoms with Crippen LogP contribution in [0.25, 0.3) is 0 Å². The fraction of sp³-hybridized carbons (Fsp3) is 0.667. The van der Waals surface area contributed by atoms with E-state index in [4.69, 9.17) is 4.42 Å². The minimum Gasteiger partial charge on any atom is -0.464 e. The van der Waals surface area contributed by atoms with Crippen molar-refractivity contribution in [2.24, 2.45) is 0 Å². The van der Waals surface area contributed by atoms with Crippen molar-refractivity contribution in [1.82, 2.24) is 10.2 Å². The van der Waals surface area contributed by atoms with E-state index in [9.17, 15) is 4.79 Å². The van der Waals surface area contributed by atoms with Crippen LogP contribution in [0.3, 0.4) is 0 Å². The van der Waals surface area contributed by atoms with Crippen molar-refractivity contribution >= 4 is 5.91 Å². The van der Waals surface area contributed by atoms with E-state index in [1.807, 2.05) is 26.1 Å². The molecule has 1 saturated heterocycles. The molecule has 1 atom stereocenters. The van der Waals surface area contributed by atoms with Gasteiger partial charge in [-0.2, -0.15) is 0 Å². The molecule has 0 bridgehead atoms. The van der Waals surface area contributed by atoms with Crippen molar-refractivity contribution in [3.8, 4) is 0 Å². The highest BCUT2D eigenvalue weighted by molar-refractivity contribution is 5.86. The maximum atomic E-state index is 12.7. The molecule has 19 heavy (non-hydrogen) atoms. The van der Waals surface area contributed by atoms with Crippen LogP contribution in [0, 0.1) is 6.92 Å². The number of carbonyl (C=O) groups excluding carboxylic acids is 1. The third kappa shape index (κ3) is 3.00. The molecule has 4 heteroatoms. The van der Waals surface area contributed by atoms with Crippen LogP contribution < -0.4 is 5.32 Å². The molecule has 1 aromatic rings. The molecule has 0 aromatic carbocycles. The molecule has 1 amide bonds. The number of nitrogens with zero attached hydrogens (tertiary/aromatic N) is 1. The van der Waals surface area contributed by atoms with E-state index in [-0.39, 0.29) is 11.4 Å². The lowest BCUT2D eigenvalue weighted by molar-refractivity contribution is -0.137. The van der Waals surface area contributed by atoms with Crippen LogP contribution in [-0.4, -0.2) is 29.9 Å². The Morgan fingerprint density at radius 2 is 2.32 bits per heavy atom. The smallest absolute Gasteiger partial charge is 0.243 e. The molecule has 1 N–H and O–H groups in total. The average molecular weight is 264 g/mol. The molecule has 106 valence electrons. The SMILES string of the molecule is CCCC1(C(=O)N(C)Cc2ccc(C)o2)CCCN1. The van der Waals surface area contributed by atoms with Crippen LogP contribution in [0.5, 0.6) is 0 Å². The molecule has 4 nitrogen and oxygen atoms in total. The molecular weight excluding hydrogens is 240 g/mol. The van der Waals surface area contributed by atoms with Crippen molar-refractivity contribution in [3.63, 3.8) is 0 Å². The van der Waals surface area contributed by atoms with E-state index in [2.05, 4.69) is 12.2 Å². The van der Waals surface area contributed by atoms with Gasteiger partial charge < -0.3 is 14.6 Å². The van der Waals surface area contributed by atoms with Gasteiger partial charge in [-0.05, 0) is 44.9 Å². The maximum absolute atomic E-state index is 12.7. The fourth-order valence-electron chi connectivity index (χ4n) is 2.98. The zero-order chi connectivity index (χ0) is 13.9. The van der Waals surface area contributed by atoms with Gasteiger partial charge in [-0.1, -0.05) is 13.3 Å². The van der Waals surface area contributed by atoms with Crippen molar-refractivity contribution in [1.29, 1.82) is 0 Å². The summed E-state index contributed by atoms with van der Waals surface area (Å²) in [5, 5.41) is 3.42. The number of carbonyl (C=O) groups is 1. The Bertz CT molecular complexity index is 433. The zero-order valence-electron chi connectivity index (χ0n) is 12.2. The van der Waals surface area contributed by atoms with E-state index >= 15 is 0 Å². The average Bonchev–Trinajstić information content (AvgIpc) is 2.99. The highest BCUT2D eigenvalue weighted by Crippen LogP contribution is 2.27. The molecule has 1 aliphatic rings. The highest BCUT2D eigenvalue weighted by atomic mass is 16.3. The summed E-state index contributed by atoms with van der Waals surface area (Å²) in [7, 11) is 1.86. The van der Waals surface area contributed by atoms with Crippen molar-refractivity contribution in [3.05, 3.63) is 23.7 Å². The Kier molecular flexibility index (Phi) is 4.30. The van der Waals surface area contributed by atoms with Gasteiger partial charge in [0.05, 0.1) is 12.1 Å². The van der Waals surface area contributed by atoms with Gasteiger partial charge in [0.25, 0.3) is 0 Å². The summed E-state index contributed by atoms with van der Waals surface area (Å²) in [6.07, 6.45) is 3.96. The molecule has 2 heterocycles. The minimum absolute atomic E-state index is 0.195. The Labute approximate surface area is 115 Å².